The van der Waals surface area contributed by atoms with Crippen LogP contribution in [0.4, 0.5) is 4.39 Å². The van der Waals surface area contributed by atoms with E-state index < -0.39 is 0 Å². The molecule has 0 aliphatic carbocycles. The number of aryl methyl sites for hydroxylation is 1. The third-order valence-corrected chi connectivity index (χ3v) is 6.33. The largest absolute Gasteiger partial charge is 0.317 e. The number of rotatable bonds is 11. The highest BCUT2D eigenvalue weighted by Crippen LogP contribution is 2.33. The van der Waals surface area contributed by atoms with E-state index >= 15 is 0 Å². The summed E-state index contributed by atoms with van der Waals surface area (Å²) in [5.41, 5.74) is 5.07. The number of hydrogen-bond donors (Lipinski definition) is 0. The molecule has 2 aromatic heterocycles. The summed E-state index contributed by atoms with van der Waals surface area (Å²) in [6, 6.07) is 21.1. The number of imidazole rings is 1. The van der Waals surface area contributed by atoms with Crippen LogP contribution in [0.5, 0.6) is 0 Å². The summed E-state index contributed by atoms with van der Waals surface area (Å²) in [5.74, 6) is 7.26. The van der Waals surface area contributed by atoms with E-state index in [1.54, 1.807) is 24.5 Å². The van der Waals surface area contributed by atoms with Gasteiger partial charge in [0.2, 0.25) is 0 Å². The standard InChI is InChI=1S/C32H34FN3/c1-2-3-4-5-6-7-11-16-30-35-31(27-17-19-29(33)20-18-27)32(28-21-23-34-24-22-28)36(30)25-12-15-26-13-9-8-10-14-26/h8-10,13-14,17-24H,2-7,12,15,25H2,1H3. The molecule has 3 nitrogen and oxygen atoms in total. The predicted octanol–water partition coefficient (Wildman–Crippen LogP) is 8.10. The second kappa shape index (κ2) is 13.4. The summed E-state index contributed by atoms with van der Waals surface area (Å²) >= 11 is 0. The smallest absolute Gasteiger partial charge is 0.186 e. The van der Waals surface area contributed by atoms with Crippen LogP contribution in [0, 0.1) is 17.7 Å². The Bertz CT molecular complexity index is 1270. The summed E-state index contributed by atoms with van der Waals surface area (Å²) in [4.78, 5) is 9.21. The fourth-order valence-electron chi connectivity index (χ4n) is 4.42. The number of aromatic nitrogens is 3. The fourth-order valence-corrected chi connectivity index (χ4v) is 4.42. The third kappa shape index (κ3) is 6.92. The molecule has 0 amide bonds. The predicted molar refractivity (Wildman–Crippen MR) is 146 cm³/mol. The molecule has 0 unspecified atom stereocenters. The Hall–Kier alpha value is -3.71. The van der Waals surface area contributed by atoms with Gasteiger partial charge in [0.1, 0.15) is 5.82 Å². The molecule has 0 saturated carbocycles. The maximum absolute atomic E-state index is 13.7. The molecule has 0 saturated heterocycles. The molecule has 0 atom stereocenters. The van der Waals surface area contributed by atoms with E-state index in [0.717, 1.165) is 60.6 Å². The van der Waals surface area contributed by atoms with Gasteiger partial charge >= 0.3 is 0 Å². The van der Waals surface area contributed by atoms with Gasteiger partial charge in [-0.1, -0.05) is 68.9 Å². The van der Waals surface area contributed by atoms with Crippen molar-refractivity contribution in [1.29, 1.82) is 0 Å². The number of unbranched alkanes of at least 4 members (excludes halogenated alkanes) is 5. The normalized spacial score (nSPS) is 10.7. The highest BCUT2D eigenvalue weighted by atomic mass is 19.1. The monoisotopic (exact) mass is 479 g/mol. The number of halogens is 1. The van der Waals surface area contributed by atoms with Crippen LogP contribution in [0.25, 0.3) is 22.5 Å². The van der Waals surface area contributed by atoms with E-state index in [1.165, 1.54) is 43.4 Å². The molecule has 0 aliphatic rings. The lowest BCUT2D eigenvalue weighted by Crippen LogP contribution is -2.05. The summed E-state index contributed by atoms with van der Waals surface area (Å²) in [7, 11) is 0. The lowest BCUT2D eigenvalue weighted by Gasteiger charge is -2.12. The topological polar surface area (TPSA) is 30.7 Å². The Morgan fingerprint density at radius 3 is 2.31 bits per heavy atom. The van der Waals surface area contributed by atoms with Crippen LogP contribution in [-0.4, -0.2) is 14.5 Å². The minimum atomic E-state index is -0.255. The van der Waals surface area contributed by atoms with Gasteiger partial charge in [-0.3, -0.25) is 4.98 Å². The Balaban J connectivity index is 1.68. The van der Waals surface area contributed by atoms with Gasteiger partial charge in [0.05, 0.1) is 11.4 Å². The molecule has 36 heavy (non-hydrogen) atoms. The number of nitrogens with zero attached hydrogens (tertiary/aromatic N) is 3. The minimum absolute atomic E-state index is 0.255. The van der Waals surface area contributed by atoms with Crippen LogP contribution < -0.4 is 0 Å². The molecule has 4 aromatic rings. The molecule has 0 N–H and O–H groups in total. The van der Waals surface area contributed by atoms with Crippen molar-refractivity contribution < 1.29 is 4.39 Å². The van der Waals surface area contributed by atoms with Crippen molar-refractivity contribution >= 4 is 0 Å². The highest BCUT2D eigenvalue weighted by Gasteiger charge is 2.19. The van der Waals surface area contributed by atoms with Gasteiger partial charge in [-0.2, -0.15) is 0 Å². The zero-order valence-electron chi connectivity index (χ0n) is 21.1. The zero-order valence-corrected chi connectivity index (χ0v) is 21.1. The Morgan fingerprint density at radius 2 is 1.56 bits per heavy atom. The van der Waals surface area contributed by atoms with E-state index in [9.17, 15) is 4.39 Å². The number of pyridine rings is 1. The molecule has 0 aliphatic heterocycles. The van der Waals surface area contributed by atoms with E-state index in [1.807, 2.05) is 18.2 Å². The van der Waals surface area contributed by atoms with Gasteiger partial charge in [0.15, 0.2) is 5.82 Å². The first-order chi connectivity index (χ1) is 17.8. The quantitative estimate of drug-likeness (QED) is 0.161. The van der Waals surface area contributed by atoms with Crippen LogP contribution in [0.2, 0.25) is 0 Å². The first-order valence-electron chi connectivity index (χ1n) is 13.1. The molecular weight excluding hydrogens is 445 g/mol. The Kier molecular flexibility index (Phi) is 9.45. The summed E-state index contributed by atoms with van der Waals surface area (Å²) in [6.07, 6.45) is 12.5. The average molecular weight is 480 g/mol. The molecule has 184 valence electrons. The van der Waals surface area contributed by atoms with Crippen molar-refractivity contribution in [2.75, 3.05) is 0 Å². The summed E-state index contributed by atoms with van der Waals surface area (Å²) in [6.45, 7) is 3.03. The summed E-state index contributed by atoms with van der Waals surface area (Å²) < 4.78 is 15.9. The maximum atomic E-state index is 13.7. The molecule has 2 aromatic carbocycles. The van der Waals surface area contributed by atoms with Crippen molar-refractivity contribution in [3.05, 3.63) is 96.3 Å². The second-order valence-corrected chi connectivity index (χ2v) is 9.08. The van der Waals surface area contributed by atoms with E-state index in [-0.39, 0.29) is 5.82 Å². The molecule has 2 heterocycles. The van der Waals surface area contributed by atoms with Crippen molar-refractivity contribution in [3.8, 4) is 34.4 Å². The van der Waals surface area contributed by atoms with Gasteiger partial charge in [-0.15, -0.1) is 0 Å². The van der Waals surface area contributed by atoms with Gasteiger partial charge in [0.25, 0.3) is 0 Å². The Morgan fingerprint density at radius 1 is 0.806 bits per heavy atom. The first-order valence-corrected chi connectivity index (χ1v) is 13.1. The van der Waals surface area contributed by atoms with Crippen LogP contribution in [-0.2, 0) is 13.0 Å². The fraction of sp³-hybridized carbons (Fsp3) is 0.312. The minimum Gasteiger partial charge on any atom is -0.317 e. The molecule has 0 radical (unpaired) electrons. The average Bonchev–Trinajstić information content (AvgIpc) is 3.28. The first kappa shape index (κ1) is 25.4. The van der Waals surface area contributed by atoms with Gasteiger partial charge < -0.3 is 4.57 Å². The maximum Gasteiger partial charge on any atom is 0.186 e. The molecular formula is C32H34FN3. The van der Waals surface area contributed by atoms with Crippen LogP contribution in [0.1, 0.15) is 63.3 Å². The van der Waals surface area contributed by atoms with Crippen LogP contribution >= 0.6 is 0 Å². The lowest BCUT2D eigenvalue weighted by molar-refractivity contribution is 0.628. The van der Waals surface area contributed by atoms with Crippen molar-refractivity contribution in [1.82, 2.24) is 14.5 Å². The molecule has 0 bridgehead atoms. The van der Waals surface area contributed by atoms with E-state index in [2.05, 4.69) is 52.6 Å². The Labute approximate surface area is 214 Å². The number of hydrogen-bond acceptors (Lipinski definition) is 2. The zero-order chi connectivity index (χ0) is 25.0. The molecule has 0 spiro atoms. The van der Waals surface area contributed by atoms with Crippen LogP contribution in [0.15, 0.2) is 79.1 Å². The van der Waals surface area contributed by atoms with Crippen molar-refractivity contribution in [3.63, 3.8) is 0 Å². The van der Waals surface area contributed by atoms with Gasteiger partial charge in [-0.05, 0) is 67.1 Å². The second-order valence-electron chi connectivity index (χ2n) is 9.08. The third-order valence-electron chi connectivity index (χ3n) is 6.33. The van der Waals surface area contributed by atoms with E-state index in [0.29, 0.717) is 0 Å². The van der Waals surface area contributed by atoms with Crippen molar-refractivity contribution in [2.24, 2.45) is 0 Å². The lowest BCUT2D eigenvalue weighted by atomic mass is 10.1. The molecule has 0 fully saturated rings. The van der Waals surface area contributed by atoms with E-state index in [4.69, 9.17) is 4.98 Å². The van der Waals surface area contributed by atoms with Crippen molar-refractivity contribution in [2.45, 2.75) is 64.8 Å². The SMILES string of the molecule is CCCCCCCC#Cc1nc(-c2ccc(F)cc2)c(-c2ccncc2)n1CCCc1ccccc1. The van der Waals surface area contributed by atoms with Gasteiger partial charge in [0, 0.05) is 36.5 Å². The van der Waals surface area contributed by atoms with Gasteiger partial charge in [-0.25, -0.2) is 9.37 Å². The van der Waals surface area contributed by atoms with Crippen LogP contribution in [0.3, 0.4) is 0 Å². The molecule has 4 heteroatoms. The highest BCUT2D eigenvalue weighted by molar-refractivity contribution is 5.79. The summed E-state index contributed by atoms with van der Waals surface area (Å²) in [5, 5.41) is 0. The molecule has 4 rings (SSSR count). The number of benzene rings is 2.